The van der Waals surface area contributed by atoms with Crippen LogP contribution in [0.15, 0.2) is 24.3 Å². The van der Waals surface area contributed by atoms with Gasteiger partial charge in [-0.15, -0.1) is 5.10 Å². The van der Waals surface area contributed by atoms with Crippen LogP contribution in [0.4, 0.5) is 0 Å². The van der Waals surface area contributed by atoms with Gasteiger partial charge in [-0.2, -0.15) is 0 Å². The van der Waals surface area contributed by atoms with Crippen LogP contribution in [0, 0.1) is 0 Å². The first-order chi connectivity index (χ1) is 10.2. The van der Waals surface area contributed by atoms with Gasteiger partial charge in [0.1, 0.15) is 12.4 Å². The lowest BCUT2D eigenvalue weighted by Gasteiger charge is -2.04. The molecule has 0 spiro atoms. The fraction of sp³-hybridized carbons (Fsp3) is 0.231. The van der Waals surface area contributed by atoms with Crippen LogP contribution in [0.3, 0.4) is 0 Å². The molecule has 2 heterocycles. The molecule has 0 saturated carbocycles. The highest BCUT2D eigenvalue weighted by Gasteiger charge is 2.19. The Kier molecular flexibility index (Phi) is 3.36. The number of aromatic nitrogens is 5. The van der Waals surface area contributed by atoms with Crippen LogP contribution in [-0.4, -0.2) is 43.1 Å². The third-order valence-electron chi connectivity index (χ3n) is 3.06. The summed E-state index contributed by atoms with van der Waals surface area (Å²) in [6, 6.07) is 7.64. The number of hydrogen-bond donors (Lipinski definition) is 2. The van der Waals surface area contributed by atoms with Gasteiger partial charge in [-0.3, -0.25) is 0 Å². The molecule has 0 unspecified atom stereocenters. The van der Waals surface area contributed by atoms with Crippen molar-refractivity contribution in [2.45, 2.75) is 13.2 Å². The van der Waals surface area contributed by atoms with Crippen LogP contribution < -0.4 is 0 Å². The lowest BCUT2D eigenvalue weighted by Crippen LogP contribution is -2.11. The molecule has 8 nitrogen and oxygen atoms in total. The number of aromatic amines is 1. The van der Waals surface area contributed by atoms with Crippen LogP contribution in [0.2, 0.25) is 0 Å². The Morgan fingerprint density at radius 3 is 2.95 bits per heavy atom. The lowest BCUT2D eigenvalue weighted by molar-refractivity contribution is 0.0684. The second kappa shape index (κ2) is 5.33. The molecule has 3 rings (SSSR count). The molecule has 0 fully saturated rings. The molecule has 108 valence electrons. The summed E-state index contributed by atoms with van der Waals surface area (Å²) in [5.74, 6) is -0.451. The molecular weight excluding hydrogens is 274 g/mol. The number of nitrogens with zero attached hydrogens (tertiary/aromatic N) is 4. The summed E-state index contributed by atoms with van der Waals surface area (Å²) < 4.78 is 6.50. The van der Waals surface area contributed by atoms with E-state index >= 15 is 0 Å². The molecule has 0 bridgehead atoms. The van der Waals surface area contributed by atoms with Gasteiger partial charge in [0.25, 0.3) is 0 Å². The zero-order valence-corrected chi connectivity index (χ0v) is 11.3. The van der Waals surface area contributed by atoms with Gasteiger partial charge in [0.2, 0.25) is 0 Å². The smallest absolute Gasteiger partial charge is 0.358 e. The number of rotatable bonds is 5. The van der Waals surface area contributed by atoms with Crippen molar-refractivity contribution in [2.75, 3.05) is 7.11 Å². The van der Waals surface area contributed by atoms with Gasteiger partial charge in [-0.1, -0.05) is 17.3 Å². The number of ether oxygens (including phenoxy) is 1. The van der Waals surface area contributed by atoms with E-state index in [2.05, 4.69) is 20.3 Å². The first-order valence-corrected chi connectivity index (χ1v) is 6.27. The van der Waals surface area contributed by atoms with Crippen molar-refractivity contribution in [3.8, 4) is 0 Å². The second-order valence-corrected chi connectivity index (χ2v) is 4.48. The topological polar surface area (TPSA) is 106 Å². The van der Waals surface area contributed by atoms with Gasteiger partial charge in [-0.25, -0.2) is 14.5 Å². The number of carboxylic acids is 1. The van der Waals surface area contributed by atoms with Gasteiger partial charge in [-0.05, 0) is 12.1 Å². The predicted octanol–water partition coefficient (Wildman–Crippen LogP) is 1.05. The van der Waals surface area contributed by atoms with Crippen LogP contribution in [0.5, 0.6) is 0 Å². The average molecular weight is 287 g/mol. The number of aromatic carboxylic acids is 1. The Labute approximate surface area is 119 Å². The molecule has 0 radical (unpaired) electrons. The number of H-pyrrole nitrogens is 1. The summed E-state index contributed by atoms with van der Waals surface area (Å²) in [6.45, 7) is 0.419. The molecule has 0 aliphatic heterocycles. The van der Waals surface area contributed by atoms with Crippen molar-refractivity contribution in [3.63, 3.8) is 0 Å². The summed E-state index contributed by atoms with van der Waals surface area (Å²) in [7, 11) is 1.49. The Bertz CT molecular complexity index is 759. The largest absolute Gasteiger partial charge is 0.476 e. The molecule has 0 aliphatic rings. The van der Waals surface area contributed by atoms with Crippen molar-refractivity contribution in [1.82, 2.24) is 25.0 Å². The van der Waals surface area contributed by atoms with Gasteiger partial charge >= 0.3 is 5.97 Å². The highest BCUT2D eigenvalue weighted by molar-refractivity contribution is 5.86. The first kappa shape index (κ1) is 13.3. The van der Waals surface area contributed by atoms with Crippen LogP contribution >= 0.6 is 0 Å². The van der Waals surface area contributed by atoms with Crippen LogP contribution in [0.1, 0.15) is 22.0 Å². The average Bonchev–Trinajstić information content (AvgIpc) is 3.03. The second-order valence-electron chi connectivity index (χ2n) is 4.48. The van der Waals surface area contributed by atoms with Gasteiger partial charge < -0.3 is 14.8 Å². The third-order valence-corrected chi connectivity index (χ3v) is 3.06. The Morgan fingerprint density at radius 2 is 2.24 bits per heavy atom. The maximum Gasteiger partial charge on any atom is 0.358 e. The van der Waals surface area contributed by atoms with E-state index in [0.29, 0.717) is 18.1 Å². The molecule has 3 aromatic rings. The number of hydrogen-bond acceptors (Lipinski definition) is 5. The molecule has 0 aliphatic carbocycles. The predicted molar refractivity (Wildman–Crippen MR) is 72.9 cm³/mol. The van der Waals surface area contributed by atoms with Crippen molar-refractivity contribution >= 4 is 17.0 Å². The quantitative estimate of drug-likeness (QED) is 0.726. The number of fused-ring (bicyclic) bond motifs is 1. The summed E-state index contributed by atoms with van der Waals surface area (Å²) in [5, 5.41) is 16.6. The molecular formula is C13H13N5O3. The zero-order chi connectivity index (χ0) is 14.8. The highest BCUT2D eigenvalue weighted by atomic mass is 16.5. The standard InChI is InChI=1S/C13H13N5O3/c1-21-7-10-12(13(19)20)16-17-18(10)6-11-14-8-4-2-3-5-9(8)15-11/h2-5H,6-7H2,1H3,(H,14,15)(H,19,20). The maximum atomic E-state index is 11.1. The van der Waals surface area contributed by atoms with Crippen LogP contribution in [-0.2, 0) is 17.9 Å². The number of carbonyl (C=O) groups is 1. The van der Waals surface area contributed by atoms with Gasteiger partial charge in [0.05, 0.1) is 23.3 Å². The van der Waals surface area contributed by atoms with Gasteiger partial charge in [0, 0.05) is 7.11 Å². The van der Waals surface area contributed by atoms with E-state index in [9.17, 15) is 4.79 Å². The van der Waals surface area contributed by atoms with E-state index in [1.165, 1.54) is 11.8 Å². The molecule has 21 heavy (non-hydrogen) atoms. The number of imidazole rings is 1. The van der Waals surface area contributed by atoms with E-state index in [0.717, 1.165) is 11.0 Å². The maximum absolute atomic E-state index is 11.1. The molecule has 8 heteroatoms. The third kappa shape index (κ3) is 2.48. The number of nitrogens with one attached hydrogen (secondary N) is 1. The van der Waals surface area contributed by atoms with E-state index < -0.39 is 5.97 Å². The summed E-state index contributed by atoms with van der Waals surface area (Å²) in [6.07, 6.45) is 0. The van der Waals surface area contributed by atoms with E-state index in [4.69, 9.17) is 9.84 Å². The lowest BCUT2D eigenvalue weighted by atomic mass is 10.3. The van der Waals surface area contributed by atoms with Crippen molar-refractivity contribution in [2.24, 2.45) is 0 Å². The fourth-order valence-electron chi connectivity index (χ4n) is 2.13. The van der Waals surface area contributed by atoms with Crippen molar-refractivity contribution < 1.29 is 14.6 Å². The Morgan fingerprint density at radius 1 is 1.43 bits per heavy atom. The van der Waals surface area contributed by atoms with E-state index in [1.54, 1.807) is 0 Å². The monoisotopic (exact) mass is 287 g/mol. The summed E-state index contributed by atoms with van der Waals surface area (Å²) in [4.78, 5) is 18.7. The van der Waals surface area contributed by atoms with Crippen molar-refractivity contribution in [1.29, 1.82) is 0 Å². The summed E-state index contributed by atoms with van der Waals surface area (Å²) >= 11 is 0. The SMILES string of the molecule is COCc1c(C(=O)O)nnn1Cc1nc2ccccc2[nH]1. The van der Waals surface area contributed by atoms with Gasteiger partial charge in [0.15, 0.2) is 5.69 Å². The molecule has 1 aromatic carbocycles. The normalized spacial score (nSPS) is 11.1. The minimum Gasteiger partial charge on any atom is -0.476 e. The Hall–Kier alpha value is -2.74. The van der Waals surface area contributed by atoms with Crippen molar-refractivity contribution in [3.05, 3.63) is 41.5 Å². The number of benzene rings is 1. The minimum absolute atomic E-state index is 0.104. The molecule has 0 saturated heterocycles. The molecule has 2 aromatic heterocycles. The molecule has 0 amide bonds. The van der Waals surface area contributed by atoms with E-state index in [1.807, 2.05) is 24.3 Å². The highest BCUT2D eigenvalue weighted by Crippen LogP contribution is 2.13. The van der Waals surface area contributed by atoms with E-state index in [-0.39, 0.29) is 12.3 Å². The summed E-state index contributed by atoms with van der Waals surface area (Å²) in [5.41, 5.74) is 2.07. The fourth-order valence-corrected chi connectivity index (χ4v) is 2.13. The first-order valence-electron chi connectivity index (χ1n) is 6.27. The number of para-hydroxylation sites is 2. The Balaban J connectivity index is 1.95. The van der Waals surface area contributed by atoms with Crippen LogP contribution in [0.25, 0.3) is 11.0 Å². The number of carboxylic acid groups (broad SMARTS) is 1. The molecule has 2 N–H and O–H groups in total. The minimum atomic E-state index is -1.13. The zero-order valence-electron chi connectivity index (χ0n) is 11.3. The number of methoxy groups -OCH3 is 1. The molecule has 0 atom stereocenters.